The zero-order chi connectivity index (χ0) is 23.1. The van der Waals surface area contributed by atoms with E-state index >= 15 is 0 Å². The van der Waals surface area contributed by atoms with E-state index in [0.717, 1.165) is 5.75 Å². The summed E-state index contributed by atoms with van der Waals surface area (Å²) in [6.45, 7) is 11.0. The van der Waals surface area contributed by atoms with Crippen LogP contribution in [-0.2, 0) is 23.4 Å². The minimum atomic E-state index is -0.476. The lowest BCUT2D eigenvalue weighted by Gasteiger charge is -2.19. The van der Waals surface area contributed by atoms with Crippen LogP contribution >= 0.6 is 11.8 Å². The molecule has 0 atom stereocenters. The minimum absolute atomic E-state index is 0.0682. The highest BCUT2D eigenvalue weighted by Crippen LogP contribution is 2.25. The standard InChI is InChI=1S/C24H27FN4O2S/c1-5-14-29-21(15-31-18-12-10-17(11-13-18)24(2,3)4)27-28-23(29)32-16-22(30)26-20-9-7-6-8-19(20)25/h5-13H,1,14-16H2,2-4H3,(H,26,30). The first kappa shape index (κ1) is 23.5. The lowest BCUT2D eigenvalue weighted by atomic mass is 9.87. The Labute approximate surface area is 191 Å². The molecule has 0 bridgehead atoms. The molecule has 1 aromatic heterocycles. The number of amides is 1. The second-order valence-corrected chi connectivity index (χ2v) is 9.12. The minimum Gasteiger partial charge on any atom is -0.486 e. The third kappa shape index (κ3) is 6.20. The fourth-order valence-electron chi connectivity index (χ4n) is 2.92. The van der Waals surface area contributed by atoms with Crippen LogP contribution in [-0.4, -0.2) is 26.4 Å². The Morgan fingerprint density at radius 2 is 1.91 bits per heavy atom. The molecular formula is C24H27FN4O2S. The van der Waals surface area contributed by atoms with Gasteiger partial charge in [0.15, 0.2) is 11.0 Å². The van der Waals surface area contributed by atoms with Crippen molar-refractivity contribution in [3.63, 3.8) is 0 Å². The van der Waals surface area contributed by atoms with Gasteiger partial charge in [0.25, 0.3) is 0 Å². The van der Waals surface area contributed by atoms with Gasteiger partial charge < -0.3 is 10.1 Å². The summed E-state index contributed by atoms with van der Waals surface area (Å²) in [6.07, 6.45) is 1.73. The van der Waals surface area contributed by atoms with Crippen molar-refractivity contribution in [1.29, 1.82) is 0 Å². The zero-order valence-corrected chi connectivity index (χ0v) is 19.3. The van der Waals surface area contributed by atoms with E-state index in [1.54, 1.807) is 18.2 Å². The van der Waals surface area contributed by atoms with E-state index < -0.39 is 5.82 Å². The van der Waals surface area contributed by atoms with Crippen LogP contribution in [0.4, 0.5) is 10.1 Å². The van der Waals surface area contributed by atoms with Gasteiger partial charge in [-0.3, -0.25) is 9.36 Å². The van der Waals surface area contributed by atoms with Crippen molar-refractivity contribution in [3.8, 4) is 5.75 Å². The van der Waals surface area contributed by atoms with Crippen LogP contribution in [0.5, 0.6) is 5.75 Å². The molecule has 2 aromatic carbocycles. The average molecular weight is 455 g/mol. The maximum absolute atomic E-state index is 13.7. The second-order valence-electron chi connectivity index (χ2n) is 8.18. The molecule has 0 radical (unpaired) electrons. The van der Waals surface area contributed by atoms with Crippen LogP contribution < -0.4 is 10.1 Å². The molecule has 8 heteroatoms. The summed E-state index contributed by atoms with van der Waals surface area (Å²) in [5, 5.41) is 11.5. The maximum Gasteiger partial charge on any atom is 0.234 e. The number of hydrogen-bond acceptors (Lipinski definition) is 5. The predicted octanol–water partition coefficient (Wildman–Crippen LogP) is 5.21. The number of rotatable bonds is 9. The fraction of sp³-hybridized carbons (Fsp3) is 0.292. The van der Waals surface area contributed by atoms with Crippen LogP contribution in [0.3, 0.4) is 0 Å². The Bertz CT molecular complexity index is 1070. The van der Waals surface area contributed by atoms with Crippen LogP contribution in [0.2, 0.25) is 0 Å². The molecule has 0 fully saturated rings. The highest BCUT2D eigenvalue weighted by atomic mass is 32.2. The summed E-state index contributed by atoms with van der Waals surface area (Å²) in [4.78, 5) is 12.2. The van der Waals surface area contributed by atoms with Crippen LogP contribution in [0, 0.1) is 5.82 Å². The van der Waals surface area contributed by atoms with E-state index in [-0.39, 0.29) is 29.4 Å². The van der Waals surface area contributed by atoms with Crippen molar-refractivity contribution in [3.05, 3.63) is 78.4 Å². The van der Waals surface area contributed by atoms with E-state index in [1.807, 2.05) is 16.7 Å². The molecule has 3 aromatic rings. The summed E-state index contributed by atoms with van der Waals surface area (Å²) in [5.41, 5.74) is 1.46. The Hall–Kier alpha value is -3.13. The highest BCUT2D eigenvalue weighted by Gasteiger charge is 2.16. The predicted molar refractivity (Wildman–Crippen MR) is 125 cm³/mol. The normalized spacial score (nSPS) is 11.2. The van der Waals surface area contributed by atoms with Gasteiger partial charge in [-0.1, -0.05) is 62.9 Å². The van der Waals surface area contributed by atoms with E-state index in [1.165, 1.54) is 29.5 Å². The van der Waals surface area contributed by atoms with Gasteiger partial charge in [0.05, 0.1) is 11.4 Å². The third-order valence-electron chi connectivity index (χ3n) is 4.67. The molecule has 3 rings (SSSR count). The summed E-state index contributed by atoms with van der Waals surface area (Å²) < 4.78 is 21.4. The van der Waals surface area contributed by atoms with Gasteiger partial charge in [0.1, 0.15) is 18.2 Å². The number of allylic oxidation sites excluding steroid dienone is 1. The molecule has 168 valence electrons. The summed E-state index contributed by atoms with van der Waals surface area (Å²) in [6, 6.07) is 14.0. The topological polar surface area (TPSA) is 69.0 Å². The van der Waals surface area contributed by atoms with Crippen molar-refractivity contribution < 1.29 is 13.9 Å². The number of nitrogens with one attached hydrogen (secondary N) is 1. The molecule has 0 saturated carbocycles. The second kappa shape index (κ2) is 10.5. The molecular weight excluding hydrogens is 427 g/mol. The Morgan fingerprint density at radius 1 is 1.19 bits per heavy atom. The molecule has 0 saturated heterocycles. The van der Waals surface area contributed by atoms with Crippen molar-refractivity contribution in [1.82, 2.24) is 14.8 Å². The maximum atomic E-state index is 13.7. The highest BCUT2D eigenvalue weighted by molar-refractivity contribution is 7.99. The molecule has 1 amide bonds. The van der Waals surface area contributed by atoms with Gasteiger partial charge in [0, 0.05) is 6.54 Å². The molecule has 6 nitrogen and oxygen atoms in total. The van der Waals surface area contributed by atoms with Crippen LogP contribution in [0.1, 0.15) is 32.2 Å². The average Bonchev–Trinajstić information content (AvgIpc) is 3.14. The number of nitrogens with zero attached hydrogens (tertiary/aromatic N) is 3. The van der Waals surface area contributed by atoms with Crippen LogP contribution in [0.25, 0.3) is 0 Å². The molecule has 0 aliphatic heterocycles. The summed E-state index contributed by atoms with van der Waals surface area (Å²) >= 11 is 1.22. The number of benzene rings is 2. The monoisotopic (exact) mass is 454 g/mol. The molecule has 1 heterocycles. The molecule has 32 heavy (non-hydrogen) atoms. The van der Waals surface area contributed by atoms with E-state index in [4.69, 9.17) is 4.74 Å². The molecule has 0 unspecified atom stereocenters. The van der Waals surface area contributed by atoms with Crippen molar-refractivity contribution >= 4 is 23.4 Å². The number of halogens is 1. The first-order valence-electron chi connectivity index (χ1n) is 10.2. The number of para-hydroxylation sites is 1. The smallest absolute Gasteiger partial charge is 0.234 e. The fourth-order valence-corrected chi connectivity index (χ4v) is 3.69. The van der Waals surface area contributed by atoms with Gasteiger partial charge in [-0.05, 0) is 35.2 Å². The largest absolute Gasteiger partial charge is 0.486 e. The van der Waals surface area contributed by atoms with Crippen LogP contribution in [0.15, 0.2) is 66.3 Å². The molecule has 1 N–H and O–H groups in total. The third-order valence-corrected chi connectivity index (χ3v) is 5.64. The summed E-state index contributed by atoms with van der Waals surface area (Å²) in [5.74, 6) is 0.630. The first-order valence-corrected chi connectivity index (χ1v) is 11.2. The van der Waals surface area contributed by atoms with Gasteiger partial charge in [0.2, 0.25) is 5.91 Å². The van der Waals surface area contributed by atoms with Crippen molar-refractivity contribution in [2.45, 2.75) is 44.5 Å². The van der Waals surface area contributed by atoms with Gasteiger partial charge in [-0.25, -0.2) is 4.39 Å². The summed E-state index contributed by atoms with van der Waals surface area (Å²) in [7, 11) is 0. The molecule has 0 aliphatic carbocycles. The van der Waals surface area contributed by atoms with Crippen molar-refractivity contribution in [2.75, 3.05) is 11.1 Å². The lowest BCUT2D eigenvalue weighted by Crippen LogP contribution is -2.15. The Kier molecular flexibility index (Phi) is 7.69. The van der Waals surface area contributed by atoms with E-state index in [0.29, 0.717) is 17.5 Å². The number of aromatic nitrogens is 3. The number of thioether (sulfide) groups is 1. The van der Waals surface area contributed by atoms with Gasteiger partial charge in [-0.2, -0.15) is 0 Å². The van der Waals surface area contributed by atoms with Crippen molar-refractivity contribution in [2.24, 2.45) is 0 Å². The number of carbonyl (C=O) groups excluding carboxylic acids is 1. The Morgan fingerprint density at radius 3 is 2.56 bits per heavy atom. The van der Waals surface area contributed by atoms with Gasteiger partial charge >= 0.3 is 0 Å². The number of hydrogen-bond donors (Lipinski definition) is 1. The number of ether oxygens (including phenoxy) is 1. The Balaban J connectivity index is 1.61. The zero-order valence-electron chi connectivity index (χ0n) is 18.5. The molecule has 0 aliphatic rings. The SMILES string of the molecule is C=CCn1c(COc2ccc(C(C)(C)C)cc2)nnc1SCC(=O)Nc1ccccc1F. The van der Waals surface area contributed by atoms with E-state index in [2.05, 4.69) is 55.0 Å². The number of anilines is 1. The lowest BCUT2D eigenvalue weighted by molar-refractivity contribution is -0.113. The first-order chi connectivity index (χ1) is 15.3. The van der Waals surface area contributed by atoms with E-state index in [9.17, 15) is 9.18 Å². The number of carbonyl (C=O) groups is 1. The van der Waals surface area contributed by atoms with Gasteiger partial charge in [-0.15, -0.1) is 16.8 Å². The quantitative estimate of drug-likeness (QED) is 0.355. The molecule has 0 spiro atoms.